The number of hydrogen-bond acceptors (Lipinski definition) is 3. The van der Waals surface area contributed by atoms with Crippen molar-refractivity contribution in [2.45, 2.75) is 44.1 Å². The minimum Gasteiger partial charge on any atom is -0.346 e. The van der Waals surface area contributed by atoms with Gasteiger partial charge in [0.15, 0.2) is 5.78 Å². The normalized spacial score (nSPS) is 12.7. The number of amides is 1. The molecule has 2 aromatic carbocycles. The van der Waals surface area contributed by atoms with Crippen LogP contribution >= 0.6 is 23.2 Å². The van der Waals surface area contributed by atoms with Crippen LogP contribution in [0.5, 0.6) is 0 Å². The molecule has 1 amide bonds. The van der Waals surface area contributed by atoms with Gasteiger partial charge in [0, 0.05) is 18.8 Å². The lowest BCUT2D eigenvalue weighted by Crippen LogP contribution is -2.43. The Labute approximate surface area is 224 Å². The maximum absolute atomic E-state index is 13.2. The summed E-state index contributed by atoms with van der Waals surface area (Å²) in [5.41, 5.74) is -2.07. The van der Waals surface area contributed by atoms with E-state index in [2.05, 4.69) is 10.3 Å². The second-order valence-electron chi connectivity index (χ2n) is 8.49. The number of aryl methyl sites for hydroxylation is 1. The first-order valence-electron chi connectivity index (χ1n) is 11.2. The summed E-state index contributed by atoms with van der Waals surface area (Å²) in [5, 5.41) is 3.09. The Balaban J connectivity index is 1.81. The van der Waals surface area contributed by atoms with E-state index >= 15 is 0 Å². The van der Waals surface area contributed by atoms with Crippen molar-refractivity contribution in [3.63, 3.8) is 0 Å². The molecule has 1 heterocycles. The van der Waals surface area contributed by atoms with E-state index in [1.54, 1.807) is 18.2 Å². The van der Waals surface area contributed by atoms with Gasteiger partial charge in [0.2, 0.25) is 5.91 Å². The number of ketones is 1. The highest BCUT2D eigenvalue weighted by Gasteiger charge is 2.37. The van der Waals surface area contributed by atoms with Gasteiger partial charge in [0.25, 0.3) is 0 Å². The van der Waals surface area contributed by atoms with Crippen molar-refractivity contribution in [1.82, 2.24) is 10.3 Å². The molecule has 12 heteroatoms. The summed E-state index contributed by atoms with van der Waals surface area (Å²) in [6.45, 7) is 0. The highest BCUT2D eigenvalue weighted by Crippen LogP contribution is 2.36. The molecule has 3 rings (SSSR count). The summed E-state index contributed by atoms with van der Waals surface area (Å²) in [7, 11) is 0. The Morgan fingerprint density at radius 2 is 1.39 bits per heavy atom. The Hall–Kier alpha value is -3.11. The minimum atomic E-state index is -5.00. The molecule has 0 spiro atoms. The number of hydrogen-bond donors (Lipinski definition) is 1. The lowest BCUT2D eigenvalue weighted by atomic mass is 9.95. The van der Waals surface area contributed by atoms with Crippen molar-refractivity contribution in [3.05, 3.63) is 98.8 Å². The third-order valence-corrected chi connectivity index (χ3v) is 6.31. The highest BCUT2D eigenvalue weighted by molar-refractivity contribution is 6.42. The first kappa shape index (κ1) is 29.4. The van der Waals surface area contributed by atoms with Gasteiger partial charge in [-0.1, -0.05) is 29.3 Å². The molecule has 0 aliphatic rings. The van der Waals surface area contributed by atoms with Gasteiger partial charge in [0.1, 0.15) is 0 Å². The van der Waals surface area contributed by atoms with Gasteiger partial charge in [-0.3, -0.25) is 14.6 Å². The van der Waals surface area contributed by atoms with E-state index < -0.39 is 54.1 Å². The predicted molar refractivity (Wildman–Crippen MR) is 130 cm³/mol. The number of nitrogens with one attached hydrogen (secondary N) is 1. The van der Waals surface area contributed by atoms with Gasteiger partial charge in [-0.25, -0.2) is 0 Å². The van der Waals surface area contributed by atoms with Crippen molar-refractivity contribution >= 4 is 34.9 Å². The van der Waals surface area contributed by atoms with Crippen molar-refractivity contribution in [2.24, 2.45) is 0 Å². The molecule has 0 radical (unpaired) electrons. The molecule has 1 unspecified atom stereocenters. The van der Waals surface area contributed by atoms with E-state index in [0.717, 1.165) is 0 Å². The van der Waals surface area contributed by atoms with Crippen molar-refractivity contribution in [2.75, 3.05) is 0 Å². The maximum atomic E-state index is 13.2. The van der Waals surface area contributed by atoms with Gasteiger partial charge in [-0.05, 0) is 72.0 Å². The predicted octanol–water partition coefficient (Wildman–Crippen LogP) is 6.90. The minimum absolute atomic E-state index is 0.0196. The number of Topliss-reactive ketones (excluding diaryl/α,β-unsaturated/α-hetero) is 1. The zero-order valence-electron chi connectivity index (χ0n) is 19.5. The summed E-state index contributed by atoms with van der Waals surface area (Å²) in [5.74, 6) is -1.09. The molecule has 0 aliphatic heterocycles. The van der Waals surface area contributed by atoms with E-state index in [0.29, 0.717) is 23.3 Å². The zero-order chi connectivity index (χ0) is 28.1. The fourth-order valence-corrected chi connectivity index (χ4v) is 4.01. The van der Waals surface area contributed by atoms with Crippen LogP contribution in [-0.4, -0.2) is 22.7 Å². The maximum Gasteiger partial charge on any atom is 0.416 e. The second-order valence-corrected chi connectivity index (χ2v) is 9.30. The summed E-state index contributed by atoms with van der Waals surface area (Å²) in [6.07, 6.45) is -7.93. The number of carbonyl (C=O) groups excluding carboxylic acids is 2. The van der Waals surface area contributed by atoms with Gasteiger partial charge in [0.05, 0.1) is 33.6 Å². The van der Waals surface area contributed by atoms with Gasteiger partial charge < -0.3 is 5.32 Å². The number of rotatable bonds is 9. The molecule has 0 aliphatic carbocycles. The number of nitrogens with zero attached hydrogens (tertiary/aromatic N) is 1. The molecular weight excluding hydrogens is 557 g/mol. The Morgan fingerprint density at radius 1 is 0.789 bits per heavy atom. The van der Waals surface area contributed by atoms with Crippen LogP contribution in [-0.2, 0) is 41.2 Å². The Kier molecular flexibility index (Phi) is 9.43. The van der Waals surface area contributed by atoms with Crippen molar-refractivity contribution in [3.8, 4) is 0 Å². The first-order valence-corrected chi connectivity index (χ1v) is 11.9. The molecular formula is C26H20Cl2F6N2O2. The number of carbonyl (C=O) groups is 2. The average Bonchev–Trinajstić information content (AvgIpc) is 2.83. The zero-order valence-corrected chi connectivity index (χ0v) is 21.0. The van der Waals surface area contributed by atoms with Crippen LogP contribution in [0, 0.1) is 0 Å². The molecule has 0 fully saturated rings. The largest absolute Gasteiger partial charge is 0.416 e. The van der Waals surface area contributed by atoms with E-state index in [-0.39, 0.29) is 34.5 Å². The summed E-state index contributed by atoms with van der Waals surface area (Å²) >= 11 is 12.0. The average molecular weight is 577 g/mol. The van der Waals surface area contributed by atoms with Gasteiger partial charge >= 0.3 is 12.4 Å². The lowest BCUT2D eigenvalue weighted by molar-refractivity contribution is -0.143. The van der Waals surface area contributed by atoms with Crippen LogP contribution in [0.15, 0.2) is 60.9 Å². The number of halogens is 8. The monoisotopic (exact) mass is 576 g/mol. The fourth-order valence-electron chi connectivity index (χ4n) is 3.68. The summed E-state index contributed by atoms with van der Waals surface area (Å²) in [4.78, 5) is 29.6. The number of pyridine rings is 1. The molecule has 0 bridgehead atoms. The molecule has 4 nitrogen and oxygen atoms in total. The highest BCUT2D eigenvalue weighted by atomic mass is 35.5. The lowest BCUT2D eigenvalue weighted by Gasteiger charge is -2.19. The SMILES string of the molecule is O=C(Cc1ccncc1)NC(Cc1ccc(Cl)c(Cl)c1)C(=O)CCc1cc(C(F)(F)F)cc(C(F)(F)F)c1. The standard InChI is InChI=1S/C26H20Cl2F6N2O2/c27-20-3-1-17(11-21(20)28)12-22(36-24(38)13-15-5-7-35-8-6-15)23(37)4-2-16-9-18(25(29,30)31)14-19(10-16)26(32,33)34/h1,3,5-11,14,22H,2,4,12-13H2,(H,36,38). The van der Waals surface area contributed by atoms with E-state index in [4.69, 9.17) is 23.2 Å². The van der Waals surface area contributed by atoms with Crippen molar-refractivity contribution in [1.29, 1.82) is 0 Å². The molecule has 1 atom stereocenters. The van der Waals surface area contributed by atoms with Gasteiger partial charge in [-0.2, -0.15) is 26.3 Å². The molecule has 0 saturated carbocycles. The van der Waals surface area contributed by atoms with Crippen LogP contribution in [0.3, 0.4) is 0 Å². The number of aromatic nitrogens is 1. The number of benzene rings is 2. The van der Waals surface area contributed by atoms with E-state index in [1.807, 2.05) is 0 Å². The molecule has 1 N–H and O–H groups in total. The second kappa shape index (κ2) is 12.2. The smallest absolute Gasteiger partial charge is 0.346 e. The van der Waals surface area contributed by atoms with Crippen LogP contribution in [0.25, 0.3) is 0 Å². The van der Waals surface area contributed by atoms with Crippen molar-refractivity contribution < 1.29 is 35.9 Å². The molecule has 1 aromatic heterocycles. The van der Waals surface area contributed by atoms with Gasteiger partial charge in [-0.15, -0.1) is 0 Å². The molecule has 38 heavy (non-hydrogen) atoms. The fraction of sp³-hybridized carbons (Fsp3) is 0.269. The van der Waals surface area contributed by atoms with Crippen LogP contribution in [0.2, 0.25) is 10.0 Å². The van der Waals surface area contributed by atoms with E-state index in [1.165, 1.54) is 24.5 Å². The third kappa shape index (κ3) is 8.46. The third-order valence-electron chi connectivity index (χ3n) is 5.57. The summed E-state index contributed by atoms with van der Waals surface area (Å²) < 4.78 is 79.1. The Bertz CT molecular complexity index is 1260. The van der Waals surface area contributed by atoms with Crippen LogP contribution in [0.1, 0.15) is 34.2 Å². The Morgan fingerprint density at radius 3 is 1.95 bits per heavy atom. The molecule has 3 aromatic rings. The van der Waals surface area contributed by atoms with Crippen LogP contribution < -0.4 is 5.32 Å². The van der Waals surface area contributed by atoms with E-state index in [9.17, 15) is 35.9 Å². The topological polar surface area (TPSA) is 59.1 Å². The summed E-state index contributed by atoms with van der Waals surface area (Å²) in [6, 6.07) is 7.89. The van der Waals surface area contributed by atoms with Crippen LogP contribution in [0.4, 0.5) is 26.3 Å². The number of alkyl halides is 6. The first-order chi connectivity index (χ1) is 17.7. The molecule has 202 valence electrons. The quantitative estimate of drug-likeness (QED) is 0.282. The molecule has 0 saturated heterocycles.